The first-order valence-electron chi connectivity index (χ1n) is 10.9. The topological polar surface area (TPSA) is 62.0 Å². The molecule has 3 aromatic rings. The second kappa shape index (κ2) is 8.97. The van der Waals surface area contributed by atoms with E-state index >= 15 is 8.78 Å². The van der Waals surface area contributed by atoms with Gasteiger partial charge in [-0.2, -0.15) is 0 Å². The number of nitrogens with one attached hydrogen (secondary N) is 1. The lowest BCUT2D eigenvalue weighted by molar-refractivity contribution is -0.108. The van der Waals surface area contributed by atoms with Crippen LogP contribution in [0.3, 0.4) is 0 Å². The van der Waals surface area contributed by atoms with E-state index in [0.717, 1.165) is 6.54 Å². The summed E-state index contributed by atoms with van der Waals surface area (Å²) in [6, 6.07) is 4.20. The number of aromatic nitrogens is 2. The Hall–Kier alpha value is -3.20. The van der Waals surface area contributed by atoms with E-state index in [-0.39, 0.29) is 30.0 Å². The molecule has 0 radical (unpaired) electrons. The molecule has 1 aromatic carbocycles. The van der Waals surface area contributed by atoms with Crippen molar-refractivity contribution in [2.75, 3.05) is 19.6 Å². The molecule has 3 heterocycles. The number of hydrogen-bond acceptors (Lipinski definition) is 4. The van der Waals surface area contributed by atoms with Gasteiger partial charge in [0.15, 0.2) is 17.1 Å². The quantitative estimate of drug-likeness (QED) is 0.349. The van der Waals surface area contributed by atoms with E-state index < -0.39 is 17.3 Å². The van der Waals surface area contributed by atoms with Crippen molar-refractivity contribution in [3.63, 3.8) is 0 Å². The number of imidazole rings is 1. The number of carbonyl (C=O) groups is 1. The number of fused-ring (bicyclic) bond motifs is 1. The molecule has 174 valence electrons. The van der Waals surface area contributed by atoms with Crippen molar-refractivity contribution in [3.05, 3.63) is 53.5 Å². The number of carbonyl (C=O) groups excluding carboxylic acids is 1. The van der Waals surface area contributed by atoms with Crippen molar-refractivity contribution >= 4 is 23.6 Å². The average Bonchev–Trinajstić information content (AvgIpc) is 3.16. The molecule has 4 rings (SSSR count). The Morgan fingerprint density at radius 3 is 2.48 bits per heavy atom. The maximum Gasteiger partial charge on any atom is 0.212 e. The smallest absolute Gasteiger partial charge is 0.212 e. The highest BCUT2D eigenvalue weighted by molar-refractivity contribution is 5.98. The number of piperidine rings is 1. The zero-order valence-corrected chi connectivity index (χ0v) is 18.8. The summed E-state index contributed by atoms with van der Waals surface area (Å²) in [5, 5.41) is 2.35. The molecule has 0 spiro atoms. The van der Waals surface area contributed by atoms with Gasteiger partial charge in [-0.25, -0.2) is 23.1 Å². The number of amides is 1. The summed E-state index contributed by atoms with van der Waals surface area (Å²) in [4.78, 5) is 21.6. The van der Waals surface area contributed by atoms with Crippen LogP contribution in [0.15, 0.2) is 35.6 Å². The van der Waals surface area contributed by atoms with Crippen LogP contribution in [0.2, 0.25) is 0 Å². The van der Waals surface area contributed by atoms with Crippen LogP contribution in [0.25, 0.3) is 16.8 Å². The molecule has 9 heteroatoms. The van der Waals surface area contributed by atoms with E-state index in [1.165, 1.54) is 12.1 Å². The summed E-state index contributed by atoms with van der Waals surface area (Å²) in [6.07, 6.45) is 4.03. The van der Waals surface area contributed by atoms with Crippen LogP contribution in [0, 0.1) is 25.5 Å². The van der Waals surface area contributed by atoms with Crippen LogP contribution in [-0.4, -0.2) is 51.8 Å². The van der Waals surface area contributed by atoms with Gasteiger partial charge in [0.1, 0.15) is 17.3 Å². The molecule has 0 atom stereocenters. The number of benzene rings is 1. The first-order valence-corrected chi connectivity index (χ1v) is 10.9. The van der Waals surface area contributed by atoms with Crippen LogP contribution < -0.4 is 5.32 Å². The van der Waals surface area contributed by atoms with Crippen molar-refractivity contribution in [2.45, 2.75) is 39.3 Å². The zero-order valence-electron chi connectivity index (χ0n) is 18.8. The van der Waals surface area contributed by atoms with Crippen molar-refractivity contribution in [1.29, 1.82) is 0 Å². The first kappa shape index (κ1) is 23.0. The highest BCUT2D eigenvalue weighted by Gasteiger charge is 2.39. The molecule has 0 bridgehead atoms. The standard InChI is InChI=1S/C24H26F3N5O/c1-4-31-7-5-24(27,6-8-31)23(28-14-33)30-21-15(2)9-17(10-19(21)25)18-11-20(26)22-29-16(3)12-32(22)13-18/h9-14H,4-8H2,1-3H3,(H,28,30,33). The molecule has 1 fully saturated rings. The normalized spacial score (nSPS) is 16.8. The van der Waals surface area contributed by atoms with Crippen LogP contribution in [0.5, 0.6) is 0 Å². The molecular formula is C24H26F3N5O. The molecule has 33 heavy (non-hydrogen) atoms. The monoisotopic (exact) mass is 457 g/mol. The lowest BCUT2D eigenvalue weighted by Gasteiger charge is -2.36. The van der Waals surface area contributed by atoms with Crippen LogP contribution in [-0.2, 0) is 4.79 Å². The average molecular weight is 458 g/mol. The number of aryl methyl sites for hydroxylation is 2. The Bertz CT molecular complexity index is 1210. The van der Waals surface area contributed by atoms with Crippen molar-refractivity contribution in [2.24, 2.45) is 4.99 Å². The van der Waals surface area contributed by atoms with Crippen molar-refractivity contribution in [3.8, 4) is 11.1 Å². The third-order valence-corrected chi connectivity index (χ3v) is 6.15. The van der Waals surface area contributed by atoms with Gasteiger partial charge in [-0.1, -0.05) is 6.92 Å². The minimum absolute atomic E-state index is 0.0573. The van der Waals surface area contributed by atoms with Gasteiger partial charge < -0.3 is 14.6 Å². The summed E-state index contributed by atoms with van der Waals surface area (Å²) in [5.74, 6) is -1.40. The molecule has 0 saturated carbocycles. The lowest BCUT2D eigenvalue weighted by Crippen LogP contribution is -2.50. The fraction of sp³-hybridized carbons (Fsp3) is 0.375. The second-order valence-electron chi connectivity index (χ2n) is 8.44. The van der Waals surface area contributed by atoms with E-state index in [2.05, 4.69) is 20.2 Å². The van der Waals surface area contributed by atoms with E-state index in [1.807, 2.05) is 6.92 Å². The largest absolute Gasteiger partial charge is 0.314 e. The fourth-order valence-electron chi connectivity index (χ4n) is 4.27. The van der Waals surface area contributed by atoms with Crippen molar-refractivity contribution in [1.82, 2.24) is 19.6 Å². The van der Waals surface area contributed by atoms with Gasteiger partial charge in [0.25, 0.3) is 0 Å². The molecule has 1 aliphatic rings. The number of rotatable bonds is 5. The number of alkyl halides is 1. The van der Waals surface area contributed by atoms with E-state index in [4.69, 9.17) is 0 Å². The molecule has 0 aliphatic carbocycles. The number of likely N-dealkylation sites (tertiary alicyclic amines) is 1. The molecular weight excluding hydrogens is 431 g/mol. The molecule has 0 unspecified atom stereocenters. The minimum Gasteiger partial charge on any atom is -0.314 e. The molecule has 2 aromatic heterocycles. The maximum atomic E-state index is 15.7. The SMILES string of the molecule is CCN1CCC(F)(/C(=N/c2c(C)cc(-c3cc(F)c4nc(C)cn4c3)cc2F)NC=O)CC1. The zero-order chi connectivity index (χ0) is 23.8. The Labute approximate surface area is 190 Å². The third-order valence-electron chi connectivity index (χ3n) is 6.15. The number of amidine groups is 1. The van der Waals surface area contributed by atoms with E-state index in [0.29, 0.717) is 41.9 Å². The predicted molar refractivity (Wildman–Crippen MR) is 121 cm³/mol. The molecule has 1 saturated heterocycles. The lowest BCUT2D eigenvalue weighted by atomic mass is 9.91. The highest BCUT2D eigenvalue weighted by atomic mass is 19.1. The summed E-state index contributed by atoms with van der Waals surface area (Å²) in [5.41, 5.74) is 0.310. The minimum atomic E-state index is -1.85. The Kier molecular flexibility index (Phi) is 6.25. The van der Waals surface area contributed by atoms with Crippen LogP contribution in [0.1, 0.15) is 31.0 Å². The summed E-state index contributed by atoms with van der Waals surface area (Å²) in [7, 11) is 0. The van der Waals surface area contributed by atoms with Crippen molar-refractivity contribution < 1.29 is 18.0 Å². The summed E-state index contributed by atoms with van der Waals surface area (Å²) < 4.78 is 46.9. The first-order chi connectivity index (χ1) is 15.7. The van der Waals surface area contributed by atoms with Gasteiger partial charge in [-0.05, 0) is 49.7 Å². The Balaban J connectivity index is 1.72. The number of aliphatic imine (C=N–C) groups is 1. The second-order valence-corrected chi connectivity index (χ2v) is 8.44. The Morgan fingerprint density at radius 2 is 1.85 bits per heavy atom. The van der Waals surface area contributed by atoms with E-state index in [1.54, 1.807) is 36.7 Å². The van der Waals surface area contributed by atoms with Crippen LogP contribution >= 0.6 is 0 Å². The summed E-state index contributed by atoms with van der Waals surface area (Å²) in [6.45, 7) is 7.26. The molecule has 1 N–H and O–H groups in total. The molecule has 1 aliphatic heterocycles. The van der Waals surface area contributed by atoms with E-state index in [9.17, 15) is 9.18 Å². The van der Waals surface area contributed by atoms with Gasteiger partial charge >= 0.3 is 0 Å². The van der Waals surface area contributed by atoms with Gasteiger partial charge in [0.2, 0.25) is 6.41 Å². The van der Waals surface area contributed by atoms with Gasteiger partial charge in [-0.15, -0.1) is 0 Å². The molecule has 1 amide bonds. The fourth-order valence-corrected chi connectivity index (χ4v) is 4.27. The number of pyridine rings is 1. The third kappa shape index (κ3) is 4.50. The number of hydrogen-bond donors (Lipinski definition) is 1. The number of nitrogens with zero attached hydrogens (tertiary/aromatic N) is 4. The predicted octanol–water partition coefficient (Wildman–Crippen LogP) is 4.50. The molecule has 6 nitrogen and oxygen atoms in total. The van der Waals surface area contributed by atoms with Gasteiger partial charge in [0.05, 0.1) is 5.69 Å². The summed E-state index contributed by atoms with van der Waals surface area (Å²) >= 11 is 0. The van der Waals surface area contributed by atoms with Crippen LogP contribution in [0.4, 0.5) is 18.9 Å². The Morgan fingerprint density at radius 1 is 1.15 bits per heavy atom. The maximum absolute atomic E-state index is 15.7. The number of halogens is 3. The highest BCUT2D eigenvalue weighted by Crippen LogP contribution is 2.34. The van der Waals surface area contributed by atoms with Gasteiger partial charge in [0, 0.05) is 43.9 Å². The van der Waals surface area contributed by atoms with Gasteiger partial charge in [-0.3, -0.25) is 4.79 Å².